The third-order valence-corrected chi connectivity index (χ3v) is 4.71. The van der Waals surface area contributed by atoms with Crippen LogP contribution in [0.3, 0.4) is 0 Å². The van der Waals surface area contributed by atoms with Crippen LogP contribution in [0, 0.1) is 5.92 Å². The molecule has 4 amide bonds. The van der Waals surface area contributed by atoms with Gasteiger partial charge >= 0.3 is 5.97 Å². The van der Waals surface area contributed by atoms with E-state index in [4.69, 9.17) is 16.6 Å². The van der Waals surface area contributed by atoms with Crippen LogP contribution in [0.15, 0.2) is 0 Å². The molecule has 0 spiro atoms. The highest BCUT2D eigenvalue weighted by atomic mass is 16.4. The standard InChI is InChI=1S/C18H31N5O7/c1-9(2)6-11(15(26)22-12(18(29)30)7-14(20)25)21-16(27)13-4-3-5-23(13)17(28)10(19)8-24/h9-13,24H,3-8,19H2,1-2H3,(H2,20,25)(H,21,27)(H,22,26)(H,29,30). The minimum Gasteiger partial charge on any atom is -0.480 e. The lowest BCUT2D eigenvalue weighted by atomic mass is 10.0. The molecule has 0 aliphatic carbocycles. The number of nitrogens with one attached hydrogen (secondary N) is 2. The monoisotopic (exact) mass is 429 g/mol. The fourth-order valence-corrected chi connectivity index (χ4v) is 3.24. The van der Waals surface area contributed by atoms with Gasteiger partial charge in [0.05, 0.1) is 13.0 Å². The summed E-state index contributed by atoms with van der Waals surface area (Å²) in [7, 11) is 0. The minimum absolute atomic E-state index is 0.0235. The zero-order valence-corrected chi connectivity index (χ0v) is 17.2. The summed E-state index contributed by atoms with van der Waals surface area (Å²) in [5.74, 6) is -4.26. The summed E-state index contributed by atoms with van der Waals surface area (Å²) in [6.45, 7) is 3.37. The maximum absolute atomic E-state index is 12.8. The van der Waals surface area contributed by atoms with Gasteiger partial charge in [-0.15, -0.1) is 0 Å². The van der Waals surface area contributed by atoms with Gasteiger partial charge in [0.1, 0.15) is 24.2 Å². The molecule has 0 bridgehead atoms. The third kappa shape index (κ3) is 7.26. The third-order valence-electron chi connectivity index (χ3n) is 4.71. The van der Waals surface area contributed by atoms with Gasteiger partial charge in [0.15, 0.2) is 0 Å². The van der Waals surface area contributed by atoms with Crippen molar-refractivity contribution in [2.24, 2.45) is 17.4 Å². The molecule has 1 fully saturated rings. The van der Waals surface area contributed by atoms with Crippen molar-refractivity contribution < 1.29 is 34.2 Å². The molecule has 1 heterocycles. The van der Waals surface area contributed by atoms with Gasteiger partial charge in [-0.05, 0) is 25.2 Å². The first-order valence-electron chi connectivity index (χ1n) is 9.76. The van der Waals surface area contributed by atoms with Crippen LogP contribution in [-0.4, -0.2) is 82.0 Å². The van der Waals surface area contributed by atoms with E-state index < -0.39 is 66.8 Å². The molecule has 1 aliphatic rings. The summed E-state index contributed by atoms with van der Waals surface area (Å²) < 4.78 is 0. The van der Waals surface area contributed by atoms with Crippen LogP contribution in [0.4, 0.5) is 0 Å². The molecule has 0 aromatic carbocycles. The number of amides is 4. The van der Waals surface area contributed by atoms with Crippen molar-refractivity contribution in [2.45, 2.75) is 63.7 Å². The van der Waals surface area contributed by atoms with Crippen LogP contribution in [0.25, 0.3) is 0 Å². The van der Waals surface area contributed by atoms with Crippen molar-refractivity contribution in [3.8, 4) is 0 Å². The first-order valence-corrected chi connectivity index (χ1v) is 9.76. The normalized spacial score (nSPS) is 19.1. The second-order valence-electron chi connectivity index (χ2n) is 7.74. The van der Waals surface area contributed by atoms with Crippen molar-refractivity contribution in [3.05, 3.63) is 0 Å². The number of aliphatic hydroxyl groups is 1. The van der Waals surface area contributed by atoms with E-state index in [1.165, 1.54) is 4.90 Å². The van der Waals surface area contributed by atoms with Crippen molar-refractivity contribution in [1.82, 2.24) is 15.5 Å². The lowest BCUT2D eigenvalue weighted by Gasteiger charge is -2.28. The molecule has 4 atom stereocenters. The van der Waals surface area contributed by atoms with Gasteiger partial charge in [0.2, 0.25) is 23.6 Å². The summed E-state index contributed by atoms with van der Waals surface area (Å²) in [6.07, 6.45) is 0.540. The SMILES string of the molecule is CC(C)CC(NC(=O)C1CCCN1C(=O)C(N)CO)C(=O)NC(CC(N)=O)C(=O)O. The maximum Gasteiger partial charge on any atom is 0.326 e. The summed E-state index contributed by atoms with van der Waals surface area (Å²) in [5.41, 5.74) is 10.6. The average molecular weight is 429 g/mol. The zero-order valence-electron chi connectivity index (χ0n) is 17.2. The van der Waals surface area contributed by atoms with Crippen LogP contribution >= 0.6 is 0 Å². The maximum atomic E-state index is 12.8. The molecular weight excluding hydrogens is 398 g/mol. The number of primary amides is 1. The van der Waals surface area contributed by atoms with Gasteiger partial charge in [0.25, 0.3) is 0 Å². The molecule has 1 aliphatic heterocycles. The number of rotatable bonds is 11. The molecule has 0 radical (unpaired) electrons. The van der Waals surface area contributed by atoms with Crippen molar-refractivity contribution >= 4 is 29.6 Å². The summed E-state index contributed by atoms with van der Waals surface area (Å²) >= 11 is 0. The summed E-state index contributed by atoms with van der Waals surface area (Å²) in [4.78, 5) is 61.3. The number of likely N-dealkylation sites (tertiary alicyclic amines) is 1. The van der Waals surface area contributed by atoms with E-state index in [1.807, 2.05) is 13.8 Å². The van der Waals surface area contributed by atoms with Gasteiger partial charge in [0, 0.05) is 6.54 Å². The first-order chi connectivity index (χ1) is 14.0. The van der Waals surface area contributed by atoms with Gasteiger partial charge in [-0.2, -0.15) is 0 Å². The van der Waals surface area contributed by atoms with E-state index in [1.54, 1.807) is 0 Å². The number of aliphatic carboxylic acids is 1. The highest BCUT2D eigenvalue weighted by Crippen LogP contribution is 2.19. The molecule has 4 unspecified atom stereocenters. The molecule has 12 heteroatoms. The molecule has 1 rings (SSSR count). The molecule has 170 valence electrons. The Morgan fingerprint density at radius 3 is 2.27 bits per heavy atom. The van der Waals surface area contributed by atoms with Crippen LogP contribution < -0.4 is 22.1 Å². The van der Waals surface area contributed by atoms with Crippen molar-refractivity contribution in [1.29, 1.82) is 0 Å². The van der Waals surface area contributed by atoms with Crippen LogP contribution in [-0.2, 0) is 24.0 Å². The Bertz CT molecular complexity index is 669. The van der Waals surface area contributed by atoms with E-state index in [2.05, 4.69) is 10.6 Å². The smallest absolute Gasteiger partial charge is 0.326 e. The molecule has 0 saturated carbocycles. The molecule has 30 heavy (non-hydrogen) atoms. The summed E-state index contributed by atoms with van der Waals surface area (Å²) in [6, 6.07) is -4.58. The number of hydrogen-bond donors (Lipinski definition) is 6. The molecule has 0 aromatic heterocycles. The van der Waals surface area contributed by atoms with E-state index in [0.29, 0.717) is 19.4 Å². The second kappa shape index (κ2) is 11.5. The molecule has 0 aromatic rings. The molecule has 1 saturated heterocycles. The van der Waals surface area contributed by atoms with Gasteiger partial charge in [-0.25, -0.2) is 4.79 Å². The fourth-order valence-electron chi connectivity index (χ4n) is 3.24. The van der Waals surface area contributed by atoms with E-state index in [9.17, 15) is 29.1 Å². The summed E-state index contributed by atoms with van der Waals surface area (Å²) in [5, 5.41) is 23.1. The van der Waals surface area contributed by atoms with E-state index in [0.717, 1.165) is 0 Å². The molecular formula is C18H31N5O7. The number of carbonyl (C=O) groups is 5. The Morgan fingerprint density at radius 2 is 1.77 bits per heavy atom. The highest BCUT2D eigenvalue weighted by molar-refractivity contribution is 5.95. The quantitative estimate of drug-likeness (QED) is 0.203. The Hall–Kier alpha value is -2.73. The second-order valence-corrected chi connectivity index (χ2v) is 7.74. The Labute approximate surface area is 174 Å². The fraction of sp³-hybridized carbons (Fsp3) is 0.722. The molecule has 12 nitrogen and oxygen atoms in total. The predicted molar refractivity (Wildman–Crippen MR) is 105 cm³/mol. The number of carbonyl (C=O) groups excluding carboxylic acids is 4. The number of nitrogens with zero attached hydrogens (tertiary/aromatic N) is 1. The largest absolute Gasteiger partial charge is 0.480 e. The van der Waals surface area contributed by atoms with E-state index >= 15 is 0 Å². The van der Waals surface area contributed by atoms with Crippen LogP contribution in [0.2, 0.25) is 0 Å². The van der Waals surface area contributed by atoms with Crippen molar-refractivity contribution in [2.75, 3.05) is 13.2 Å². The Morgan fingerprint density at radius 1 is 1.13 bits per heavy atom. The number of hydrogen-bond acceptors (Lipinski definition) is 7. The lowest BCUT2D eigenvalue weighted by Crippen LogP contribution is -2.57. The Kier molecular flexibility index (Phi) is 9.66. The van der Waals surface area contributed by atoms with Crippen LogP contribution in [0.5, 0.6) is 0 Å². The number of carboxylic acid groups (broad SMARTS) is 1. The lowest BCUT2D eigenvalue weighted by molar-refractivity contribution is -0.144. The van der Waals surface area contributed by atoms with Gasteiger partial charge in [-0.3, -0.25) is 19.2 Å². The van der Waals surface area contributed by atoms with E-state index in [-0.39, 0.29) is 12.3 Å². The molecule has 8 N–H and O–H groups in total. The number of carboxylic acids is 1. The number of aliphatic hydroxyl groups excluding tert-OH is 1. The zero-order chi connectivity index (χ0) is 23.0. The number of nitrogens with two attached hydrogens (primary N) is 2. The highest BCUT2D eigenvalue weighted by Gasteiger charge is 2.38. The minimum atomic E-state index is -1.52. The van der Waals surface area contributed by atoms with Gasteiger partial charge < -0.3 is 37.2 Å². The first kappa shape index (κ1) is 25.3. The Balaban J connectivity index is 2.91. The predicted octanol–water partition coefficient (Wildman–Crippen LogP) is -2.73. The average Bonchev–Trinajstić information content (AvgIpc) is 3.14. The van der Waals surface area contributed by atoms with Crippen molar-refractivity contribution in [3.63, 3.8) is 0 Å². The van der Waals surface area contributed by atoms with Gasteiger partial charge in [-0.1, -0.05) is 13.8 Å². The topological polar surface area (TPSA) is 205 Å². The van der Waals surface area contributed by atoms with Crippen LogP contribution in [0.1, 0.15) is 39.5 Å².